The van der Waals surface area contributed by atoms with E-state index >= 15 is 0 Å². The van der Waals surface area contributed by atoms with Crippen molar-refractivity contribution in [3.8, 4) is 0 Å². The number of thiocarbonyl (C=S) groups is 1. The van der Waals surface area contributed by atoms with Crippen LogP contribution in [0.1, 0.15) is 16.7 Å². The lowest BCUT2D eigenvalue weighted by atomic mass is 10.1. The van der Waals surface area contributed by atoms with Gasteiger partial charge in [0.15, 0.2) is 5.11 Å². The van der Waals surface area contributed by atoms with Gasteiger partial charge in [-0.25, -0.2) is 0 Å². The molecular weight excluding hydrogens is 397 g/mol. The van der Waals surface area contributed by atoms with E-state index in [0.29, 0.717) is 33.9 Å². The molecule has 0 aliphatic heterocycles. The highest BCUT2D eigenvalue weighted by atomic mass is 35.5. The van der Waals surface area contributed by atoms with Crippen molar-refractivity contribution in [2.24, 2.45) is 0 Å². The Balaban J connectivity index is 1.82. The maximum atomic E-state index is 6.28. The van der Waals surface area contributed by atoms with Gasteiger partial charge in [-0.3, -0.25) is 4.98 Å². The summed E-state index contributed by atoms with van der Waals surface area (Å²) in [6, 6.07) is 17.7. The number of rotatable bonds is 5. The summed E-state index contributed by atoms with van der Waals surface area (Å²) in [4.78, 5) is 6.17. The average molecular weight is 416 g/mol. The molecule has 2 aromatic carbocycles. The maximum absolute atomic E-state index is 6.28. The standard InChI is InChI=1S/C21H19Cl2N3S/c1-15-2-4-16(5-3-15)13-26(14-17-8-10-24-11-9-17)21(27)25-20-12-18(22)6-7-19(20)23/h2-12H,13-14H2,1H3,(H,25,27). The molecule has 0 spiro atoms. The van der Waals surface area contributed by atoms with Gasteiger partial charge in [-0.1, -0.05) is 53.0 Å². The molecule has 0 saturated carbocycles. The van der Waals surface area contributed by atoms with E-state index in [4.69, 9.17) is 35.4 Å². The number of aromatic nitrogens is 1. The molecule has 0 saturated heterocycles. The van der Waals surface area contributed by atoms with Gasteiger partial charge in [0.25, 0.3) is 0 Å². The lowest BCUT2D eigenvalue weighted by molar-refractivity contribution is 0.412. The molecule has 0 fully saturated rings. The maximum Gasteiger partial charge on any atom is 0.174 e. The first-order valence-electron chi connectivity index (χ1n) is 8.47. The minimum Gasteiger partial charge on any atom is -0.340 e. The summed E-state index contributed by atoms with van der Waals surface area (Å²) in [5.74, 6) is 0. The molecule has 138 valence electrons. The Hall–Kier alpha value is -2.14. The molecule has 1 aromatic heterocycles. The number of benzene rings is 2. The van der Waals surface area contributed by atoms with Crippen LogP contribution in [0.3, 0.4) is 0 Å². The Bertz CT molecular complexity index is 914. The second-order valence-corrected chi connectivity index (χ2v) is 7.48. The van der Waals surface area contributed by atoms with E-state index in [-0.39, 0.29) is 0 Å². The smallest absolute Gasteiger partial charge is 0.174 e. The summed E-state index contributed by atoms with van der Waals surface area (Å²) in [7, 11) is 0. The third-order valence-corrected chi connectivity index (χ3v) is 5.00. The molecule has 0 radical (unpaired) electrons. The van der Waals surface area contributed by atoms with E-state index in [9.17, 15) is 0 Å². The molecule has 0 aliphatic carbocycles. The Morgan fingerprint density at radius 3 is 2.26 bits per heavy atom. The highest BCUT2D eigenvalue weighted by molar-refractivity contribution is 7.80. The van der Waals surface area contributed by atoms with Crippen LogP contribution in [0.4, 0.5) is 5.69 Å². The van der Waals surface area contributed by atoms with E-state index in [1.165, 1.54) is 11.1 Å². The average Bonchev–Trinajstić information content (AvgIpc) is 2.66. The number of pyridine rings is 1. The molecule has 3 aromatic rings. The van der Waals surface area contributed by atoms with Crippen LogP contribution in [0.15, 0.2) is 67.0 Å². The number of nitrogens with zero attached hydrogens (tertiary/aromatic N) is 2. The Morgan fingerprint density at radius 1 is 0.963 bits per heavy atom. The summed E-state index contributed by atoms with van der Waals surface area (Å²) in [6.45, 7) is 3.40. The van der Waals surface area contributed by atoms with E-state index in [1.54, 1.807) is 30.6 Å². The highest BCUT2D eigenvalue weighted by Gasteiger charge is 2.13. The molecule has 0 aliphatic rings. The topological polar surface area (TPSA) is 28.2 Å². The molecule has 0 atom stereocenters. The highest BCUT2D eigenvalue weighted by Crippen LogP contribution is 2.26. The number of aryl methyl sites for hydroxylation is 1. The van der Waals surface area contributed by atoms with Gasteiger partial charge in [0.05, 0.1) is 10.7 Å². The second-order valence-electron chi connectivity index (χ2n) is 6.25. The predicted octanol–water partition coefficient (Wildman–Crippen LogP) is 6.10. The fourth-order valence-electron chi connectivity index (χ4n) is 2.61. The molecule has 6 heteroatoms. The zero-order chi connectivity index (χ0) is 19.2. The first-order chi connectivity index (χ1) is 13.0. The van der Waals surface area contributed by atoms with E-state index in [1.807, 2.05) is 12.1 Å². The summed E-state index contributed by atoms with van der Waals surface area (Å²) < 4.78 is 0. The molecule has 3 nitrogen and oxygen atoms in total. The summed E-state index contributed by atoms with van der Waals surface area (Å²) in [6.07, 6.45) is 3.56. The largest absolute Gasteiger partial charge is 0.340 e. The third-order valence-electron chi connectivity index (χ3n) is 4.07. The van der Waals surface area contributed by atoms with Gasteiger partial charge in [0, 0.05) is 30.5 Å². The van der Waals surface area contributed by atoms with Crippen molar-refractivity contribution >= 4 is 46.2 Å². The summed E-state index contributed by atoms with van der Waals surface area (Å²) in [5.41, 5.74) is 4.22. The number of anilines is 1. The quantitative estimate of drug-likeness (QED) is 0.509. The number of hydrogen-bond acceptors (Lipinski definition) is 2. The molecule has 3 rings (SSSR count). The van der Waals surface area contributed by atoms with Gasteiger partial charge in [0.1, 0.15) is 0 Å². The van der Waals surface area contributed by atoms with Crippen LogP contribution >= 0.6 is 35.4 Å². The first kappa shape index (κ1) is 19.6. The molecule has 1 N–H and O–H groups in total. The van der Waals surface area contributed by atoms with Crippen LogP contribution in [-0.2, 0) is 13.1 Å². The summed E-state index contributed by atoms with van der Waals surface area (Å²) >= 11 is 18.0. The van der Waals surface area contributed by atoms with Gasteiger partial charge in [-0.2, -0.15) is 0 Å². The number of halogens is 2. The van der Waals surface area contributed by atoms with Crippen molar-refractivity contribution in [1.29, 1.82) is 0 Å². The fraction of sp³-hybridized carbons (Fsp3) is 0.143. The van der Waals surface area contributed by atoms with Crippen molar-refractivity contribution in [2.75, 3.05) is 5.32 Å². The Labute approximate surface area is 175 Å². The summed E-state index contributed by atoms with van der Waals surface area (Å²) in [5, 5.41) is 4.98. The molecule has 0 unspecified atom stereocenters. The van der Waals surface area contributed by atoms with Crippen molar-refractivity contribution < 1.29 is 0 Å². The minimum absolute atomic E-state index is 0.570. The number of hydrogen-bond donors (Lipinski definition) is 1. The van der Waals surface area contributed by atoms with Gasteiger partial charge in [-0.05, 0) is 60.6 Å². The third kappa shape index (κ3) is 5.67. The monoisotopic (exact) mass is 415 g/mol. The zero-order valence-corrected chi connectivity index (χ0v) is 17.2. The SMILES string of the molecule is Cc1ccc(CN(Cc2ccncc2)C(=S)Nc2cc(Cl)ccc2Cl)cc1. The van der Waals surface area contributed by atoms with Crippen molar-refractivity contribution in [1.82, 2.24) is 9.88 Å². The van der Waals surface area contributed by atoms with Gasteiger partial charge >= 0.3 is 0 Å². The number of nitrogens with one attached hydrogen (secondary N) is 1. The first-order valence-corrected chi connectivity index (χ1v) is 9.63. The van der Waals surface area contributed by atoms with Crippen LogP contribution < -0.4 is 5.32 Å². The van der Waals surface area contributed by atoms with Crippen LogP contribution in [0.25, 0.3) is 0 Å². The lowest BCUT2D eigenvalue weighted by Gasteiger charge is -2.26. The lowest BCUT2D eigenvalue weighted by Crippen LogP contribution is -2.34. The molecular formula is C21H19Cl2N3S. The van der Waals surface area contributed by atoms with Crippen molar-refractivity contribution in [3.05, 3.63) is 93.7 Å². The molecule has 27 heavy (non-hydrogen) atoms. The second kappa shape index (κ2) is 9.18. The minimum atomic E-state index is 0.570. The van der Waals surface area contributed by atoms with Crippen molar-refractivity contribution in [2.45, 2.75) is 20.0 Å². The van der Waals surface area contributed by atoms with E-state index in [2.05, 4.69) is 46.4 Å². The van der Waals surface area contributed by atoms with Crippen molar-refractivity contribution in [3.63, 3.8) is 0 Å². The van der Waals surface area contributed by atoms with Crippen LogP contribution in [0, 0.1) is 6.92 Å². The fourth-order valence-corrected chi connectivity index (χ4v) is 3.19. The van der Waals surface area contributed by atoms with Crippen LogP contribution in [0.5, 0.6) is 0 Å². The van der Waals surface area contributed by atoms with Gasteiger partial charge in [-0.15, -0.1) is 0 Å². The molecule has 1 heterocycles. The van der Waals surface area contributed by atoms with Crippen LogP contribution in [-0.4, -0.2) is 15.0 Å². The van der Waals surface area contributed by atoms with E-state index < -0.39 is 0 Å². The van der Waals surface area contributed by atoms with Gasteiger partial charge in [0.2, 0.25) is 0 Å². The Kier molecular flexibility index (Phi) is 6.67. The predicted molar refractivity (Wildman–Crippen MR) is 117 cm³/mol. The van der Waals surface area contributed by atoms with E-state index in [0.717, 1.165) is 5.56 Å². The Morgan fingerprint density at radius 2 is 1.59 bits per heavy atom. The van der Waals surface area contributed by atoms with Gasteiger partial charge < -0.3 is 10.2 Å². The zero-order valence-electron chi connectivity index (χ0n) is 14.8. The molecule has 0 amide bonds. The molecule has 0 bridgehead atoms. The normalized spacial score (nSPS) is 10.5. The van der Waals surface area contributed by atoms with Crippen LogP contribution in [0.2, 0.25) is 10.0 Å².